The lowest BCUT2D eigenvalue weighted by Gasteiger charge is -2.25. The molecule has 1 aliphatic carbocycles. The summed E-state index contributed by atoms with van der Waals surface area (Å²) in [5.74, 6) is -0.979. The standard InChI is InChI=1S/C16H21F2N/c1-2-10-19-16(12-6-4-3-5-7-12)14-9-8-13(17)11-15(14)18/h6,8-9,11,16,19H,2-5,7,10H2,1H3. The fourth-order valence-electron chi connectivity index (χ4n) is 2.59. The number of rotatable bonds is 5. The van der Waals surface area contributed by atoms with E-state index in [1.54, 1.807) is 6.07 Å². The van der Waals surface area contributed by atoms with E-state index in [0.717, 1.165) is 38.3 Å². The fraction of sp³-hybridized carbons (Fsp3) is 0.500. The molecular formula is C16H21F2N. The van der Waals surface area contributed by atoms with Gasteiger partial charge in [0.05, 0.1) is 6.04 Å². The van der Waals surface area contributed by atoms with Crippen LogP contribution in [0.4, 0.5) is 8.78 Å². The molecule has 1 aromatic rings. The second kappa shape index (κ2) is 6.80. The van der Waals surface area contributed by atoms with Crippen LogP contribution in [0.2, 0.25) is 0 Å². The highest BCUT2D eigenvalue weighted by Gasteiger charge is 2.20. The van der Waals surface area contributed by atoms with Crippen LogP contribution in [0.3, 0.4) is 0 Å². The van der Waals surface area contributed by atoms with Crippen molar-refractivity contribution in [2.75, 3.05) is 6.54 Å². The molecule has 104 valence electrons. The van der Waals surface area contributed by atoms with Crippen molar-refractivity contribution >= 4 is 0 Å². The number of allylic oxidation sites excluding steroid dienone is 1. The van der Waals surface area contributed by atoms with Crippen molar-refractivity contribution in [1.29, 1.82) is 0 Å². The summed E-state index contributed by atoms with van der Waals surface area (Å²) in [6.07, 6.45) is 7.61. The normalized spacial score (nSPS) is 17.1. The summed E-state index contributed by atoms with van der Waals surface area (Å²) in [6.45, 7) is 2.92. The van der Waals surface area contributed by atoms with Gasteiger partial charge in [0.2, 0.25) is 0 Å². The number of benzene rings is 1. The van der Waals surface area contributed by atoms with Gasteiger partial charge in [-0.25, -0.2) is 8.78 Å². The molecule has 2 rings (SSSR count). The Labute approximate surface area is 113 Å². The smallest absolute Gasteiger partial charge is 0.131 e. The Kier molecular flexibility index (Phi) is 5.08. The zero-order valence-electron chi connectivity index (χ0n) is 11.4. The second-order valence-corrected chi connectivity index (χ2v) is 5.08. The topological polar surface area (TPSA) is 12.0 Å². The van der Waals surface area contributed by atoms with Crippen LogP contribution in [0.1, 0.15) is 50.6 Å². The molecule has 1 aromatic carbocycles. The molecule has 1 N–H and O–H groups in total. The van der Waals surface area contributed by atoms with Gasteiger partial charge < -0.3 is 5.32 Å². The Hall–Kier alpha value is -1.22. The van der Waals surface area contributed by atoms with Gasteiger partial charge in [-0.15, -0.1) is 0 Å². The summed E-state index contributed by atoms with van der Waals surface area (Å²) >= 11 is 0. The molecule has 19 heavy (non-hydrogen) atoms. The first kappa shape index (κ1) is 14.2. The van der Waals surface area contributed by atoms with Gasteiger partial charge in [0.15, 0.2) is 0 Å². The average Bonchev–Trinajstić information content (AvgIpc) is 2.42. The largest absolute Gasteiger partial charge is 0.306 e. The van der Waals surface area contributed by atoms with Gasteiger partial charge >= 0.3 is 0 Å². The minimum atomic E-state index is -0.520. The lowest BCUT2D eigenvalue weighted by atomic mass is 9.89. The average molecular weight is 265 g/mol. The molecule has 0 radical (unpaired) electrons. The van der Waals surface area contributed by atoms with Gasteiger partial charge in [0.25, 0.3) is 0 Å². The van der Waals surface area contributed by atoms with Crippen LogP contribution in [0, 0.1) is 11.6 Å². The molecule has 0 fully saturated rings. The molecule has 0 saturated carbocycles. The predicted molar refractivity (Wildman–Crippen MR) is 73.9 cm³/mol. The number of nitrogens with one attached hydrogen (secondary N) is 1. The van der Waals surface area contributed by atoms with Crippen LogP contribution in [0.15, 0.2) is 29.8 Å². The quantitative estimate of drug-likeness (QED) is 0.773. The summed E-state index contributed by atoms with van der Waals surface area (Å²) in [7, 11) is 0. The van der Waals surface area contributed by atoms with Gasteiger partial charge in [0.1, 0.15) is 11.6 Å². The lowest BCUT2D eigenvalue weighted by Crippen LogP contribution is -2.25. The minimum Gasteiger partial charge on any atom is -0.306 e. The highest BCUT2D eigenvalue weighted by Crippen LogP contribution is 2.31. The van der Waals surface area contributed by atoms with E-state index in [2.05, 4.69) is 18.3 Å². The maximum Gasteiger partial charge on any atom is 0.131 e. The van der Waals surface area contributed by atoms with Crippen molar-refractivity contribution < 1.29 is 8.78 Å². The van der Waals surface area contributed by atoms with Crippen molar-refractivity contribution in [2.24, 2.45) is 0 Å². The summed E-state index contributed by atoms with van der Waals surface area (Å²) < 4.78 is 27.0. The highest BCUT2D eigenvalue weighted by atomic mass is 19.1. The maximum absolute atomic E-state index is 14.0. The minimum absolute atomic E-state index is 0.110. The van der Waals surface area contributed by atoms with Crippen LogP contribution < -0.4 is 5.32 Å². The fourth-order valence-corrected chi connectivity index (χ4v) is 2.59. The molecule has 0 heterocycles. The Morgan fingerprint density at radius 1 is 1.26 bits per heavy atom. The SMILES string of the molecule is CCCNC(C1=CCCCC1)c1ccc(F)cc1F. The van der Waals surface area contributed by atoms with Gasteiger partial charge in [-0.05, 0) is 44.7 Å². The van der Waals surface area contributed by atoms with E-state index in [1.165, 1.54) is 18.1 Å². The van der Waals surface area contributed by atoms with Crippen LogP contribution in [0.25, 0.3) is 0 Å². The van der Waals surface area contributed by atoms with Crippen molar-refractivity contribution in [1.82, 2.24) is 5.32 Å². The van der Waals surface area contributed by atoms with E-state index in [-0.39, 0.29) is 6.04 Å². The van der Waals surface area contributed by atoms with Crippen LogP contribution in [-0.2, 0) is 0 Å². The molecule has 3 heteroatoms. The van der Waals surface area contributed by atoms with E-state index >= 15 is 0 Å². The zero-order valence-corrected chi connectivity index (χ0v) is 11.4. The summed E-state index contributed by atoms with van der Waals surface area (Å²) in [5.41, 5.74) is 1.80. The molecule has 0 amide bonds. The van der Waals surface area contributed by atoms with Gasteiger partial charge in [-0.3, -0.25) is 0 Å². The van der Waals surface area contributed by atoms with E-state index in [1.807, 2.05) is 0 Å². The first-order valence-corrected chi connectivity index (χ1v) is 7.09. The number of hydrogen-bond acceptors (Lipinski definition) is 1. The van der Waals surface area contributed by atoms with Gasteiger partial charge in [0, 0.05) is 11.6 Å². The van der Waals surface area contributed by atoms with Crippen LogP contribution in [-0.4, -0.2) is 6.54 Å². The van der Waals surface area contributed by atoms with Gasteiger partial charge in [-0.2, -0.15) is 0 Å². The van der Waals surface area contributed by atoms with E-state index < -0.39 is 11.6 Å². The lowest BCUT2D eigenvalue weighted by molar-refractivity contribution is 0.508. The van der Waals surface area contributed by atoms with E-state index in [9.17, 15) is 8.78 Å². The third-order valence-electron chi connectivity index (χ3n) is 3.57. The maximum atomic E-state index is 14.0. The highest BCUT2D eigenvalue weighted by molar-refractivity contribution is 5.30. The van der Waals surface area contributed by atoms with Crippen molar-refractivity contribution in [3.63, 3.8) is 0 Å². The molecule has 1 nitrogen and oxygen atoms in total. The Balaban J connectivity index is 2.27. The third-order valence-corrected chi connectivity index (χ3v) is 3.57. The molecule has 1 aliphatic rings. The Morgan fingerprint density at radius 3 is 2.74 bits per heavy atom. The molecule has 0 aromatic heterocycles. The Morgan fingerprint density at radius 2 is 2.11 bits per heavy atom. The third kappa shape index (κ3) is 3.63. The molecule has 0 saturated heterocycles. The van der Waals surface area contributed by atoms with Gasteiger partial charge in [-0.1, -0.05) is 24.6 Å². The van der Waals surface area contributed by atoms with Crippen molar-refractivity contribution in [3.8, 4) is 0 Å². The number of hydrogen-bond donors (Lipinski definition) is 1. The number of halogens is 2. The molecule has 0 spiro atoms. The Bertz CT molecular complexity index is 454. The van der Waals surface area contributed by atoms with Crippen LogP contribution in [0.5, 0.6) is 0 Å². The van der Waals surface area contributed by atoms with Crippen LogP contribution >= 0.6 is 0 Å². The first-order valence-electron chi connectivity index (χ1n) is 7.09. The monoisotopic (exact) mass is 265 g/mol. The molecule has 0 aliphatic heterocycles. The van der Waals surface area contributed by atoms with E-state index in [4.69, 9.17) is 0 Å². The first-order chi connectivity index (χ1) is 9.22. The predicted octanol–water partition coefficient (Wildman–Crippen LogP) is 4.51. The molecule has 1 unspecified atom stereocenters. The molecule has 1 atom stereocenters. The van der Waals surface area contributed by atoms with E-state index in [0.29, 0.717) is 5.56 Å². The molecular weight excluding hydrogens is 244 g/mol. The van der Waals surface area contributed by atoms with Crippen molar-refractivity contribution in [2.45, 2.75) is 45.1 Å². The zero-order chi connectivity index (χ0) is 13.7. The van der Waals surface area contributed by atoms with Crippen molar-refractivity contribution in [3.05, 3.63) is 47.0 Å². The summed E-state index contributed by atoms with van der Waals surface area (Å²) in [5, 5.41) is 3.38. The second-order valence-electron chi connectivity index (χ2n) is 5.08. The summed E-state index contributed by atoms with van der Waals surface area (Å²) in [4.78, 5) is 0. The summed E-state index contributed by atoms with van der Waals surface area (Å²) in [6, 6.07) is 3.76. The molecule has 0 bridgehead atoms.